The van der Waals surface area contributed by atoms with E-state index in [0.717, 1.165) is 79.3 Å². The van der Waals surface area contributed by atoms with Gasteiger partial charge in [-0.05, 0) is 83.9 Å². The van der Waals surface area contributed by atoms with E-state index in [9.17, 15) is 8.42 Å². The Kier molecular flexibility index (Phi) is 30.0. The number of hydrogen-bond acceptors (Lipinski definition) is 14. The van der Waals surface area contributed by atoms with Crippen molar-refractivity contribution in [2.75, 3.05) is 68.5 Å². The van der Waals surface area contributed by atoms with Gasteiger partial charge in [0.25, 0.3) is 16.6 Å². The fourth-order valence-corrected chi connectivity index (χ4v) is 9.30. The van der Waals surface area contributed by atoms with Crippen molar-refractivity contribution in [1.82, 2.24) is 30.2 Å². The van der Waals surface area contributed by atoms with Gasteiger partial charge < -0.3 is 26.7 Å². The summed E-state index contributed by atoms with van der Waals surface area (Å²) in [6.07, 6.45) is 7.84. The van der Waals surface area contributed by atoms with Gasteiger partial charge in [-0.25, -0.2) is 19.9 Å². The number of nitrogens with one attached hydrogen (secondary N) is 1. The number of anilines is 2. The molecule has 0 spiro atoms. The normalized spacial score (nSPS) is 16.4. The number of aromatic nitrogens is 4. The van der Waals surface area contributed by atoms with Crippen molar-refractivity contribution < 1.29 is 132 Å². The number of rotatable bonds is 12. The SMILES string of the molecule is CC(CN1CCN(c2ccc(Cl)cc2Cl)C(c2ccc(Cl)cc2)C1)c1ncccn1.CC(COS(C)(=O)=O)c1ncccn1.Clc1ccc(C2CNCCN2c2ccc(Cl)cc2Cl)cc1.O=CO[O-].[H-].[K+].[K+]. The molecule has 4 heterocycles. The van der Waals surface area contributed by atoms with E-state index in [4.69, 9.17) is 79.7 Å². The molecule has 14 nitrogen and oxygen atoms in total. The van der Waals surface area contributed by atoms with Crippen LogP contribution in [0.3, 0.4) is 0 Å². The predicted octanol–water partition coefficient (Wildman–Crippen LogP) is 4.01. The standard InChI is InChI=1S/C23H23Cl3N4.C16H15Cl3N2.C8H12N2O3S.CH2O3.2K.H/c1-16(23-27-9-2-10-28-23)14-29-11-12-30(21-8-7-19(25)13-20(21)26)22(15-29)17-3-5-18(24)6-4-17;17-12-3-1-11(2-4-12)16-10-20-7-8-21(16)15-6-5-13(18)9-14(15)19;1-7(6-13-14(2,11)12)8-9-4-3-5-10-8;2-1-4-3;;;/h2-10,13,16,22H,11-12,14-15H2,1H3;1-6,9,16,20H,7-8,10H2;3-5,7H,6H2,1-2H3;1,3H;;;/q;;;;2*+1;-1/p-1. The van der Waals surface area contributed by atoms with Gasteiger partial charge in [0.05, 0.1) is 46.4 Å². The largest absolute Gasteiger partial charge is 1.00 e. The molecule has 2 saturated heterocycles. The van der Waals surface area contributed by atoms with E-state index in [0.29, 0.717) is 25.9 Å². The topological polar surface area (TPSA) is 166 Å². The molecule has 2 aromatic heterocycles. The first-order valence-electron chi connectivity index (χ1n) is 21.5. The number of benzene rings is 4. The summed E-state index contributed by atoms with van der Waals surface area (Å²) in [6, 6.07) is 31.3. The van der Waals surface area contributed by atoms with Crippen molar-refractivity contribution in [2.45, 2.75) is 37.8 Å². The Morgan fingerprint density at radius 2 is 1.13 bits per heavy atom. The van der Waals surface area contributed by atoms with E-state index in [-0.39, 0.29) is 141 Å². The second-order valence-electron chi connectivity index (χ2n) is 15.9. The van der Waals surface area contributed by atoms with Gasteiger partial charge in [-0.3, -0.25) is 13.9 Å². The number of piperazine rings is 2. The molecule has 0 bridgehead atoms. The molecule has 0 amide bonds. The maximum absolute atomic E-state index is 10.7. The summed E-state index contributed by atoms with van der Waals surface area (Å²) < 4.78 is 26.0. The molecule has 4 aromatic carbocycles. The summed E-state index contributed by atoms with van der Waals surface area (Å²) in [5, 5.41) is 16.0. The summed E-state index contributed by atoms with van der Waals surface area (Å²) in [5.41, 5.74) is 4.44. The second kappa shape index (κ2) is 33.2. The van der Waals surface area contributed by atoms with Crippen LogP contribution in [0.1, 0.15) is 62.0 Å². The van der Waals surface area contributed by atoms with Gasteiger partial charge in [0.2, 0.25) is 0 Å². The molecule has 71 heavy (non-hydrogen) atoms. The molecule has 2 aliphatic rings. The van der Waals surface area contributed by atoms with Crippen LogP contribution >= 0.6 is 69.6 Å². The number of hydrogen-bond donors (Lipinski definition) is 1. The van der Waals surface area contributed by atoms with Crippen LogP contribution in [0.4, 0.5) is 11.4 Å². The Morgan fingerprint density at radius 3 is 1.58 bits per heavy atom. The number of carbonyl (C=O) groups excluding carboxylic acids is 1. The smallest absolute Gasteiger partial charge is 1.00 e. The second-order valence-corrected chi connectivity index (χ2v) is 20.1. The molecule has 23 heteroatoms. The van der Waals surface area contributed by atoms with Crippen LogP contribution in [0.15, 0.2) is 122 Å². The van der Waals surface area contributed by atoms with Crippen molar-refractivity contribution in [3.05, 3.63) is 175 Å². The Labute approximate surface area is 532 Å². The molecule has 6 aromatic rings. The number of nitrogens with zero attached hydrogens (tertiary/aromatic N) is 7. The molecule has 1 N–H and O–H groups in total. The zero-order chi connectivity index (χ0) is 49.9. The molecule has 370 valence electrons. The Morgan fingerprint density at radius 1 is 0.690 bits per heavy atom. The molecule has 2 fully saturated rings. The van der Waals surface area contributed by atoms with Gasteiger partial charge in [-0.15, -0.1) is 0 Å². The monoisotopic (exact) mass is 1160 g/mol. The maximum atomic E-state index is 10.7. The molecule has 0 saturated carbocycles. The van der Waals surface area contributed by atoms with Crippen molar-refractivity contribution in [3.8, 4) is 0 Å². The molecule has 8 rings (SSSR count). The van der Waals surface area contributed by atoms with Crippen LogP contribution in [0.5, 0.6) is 0 Å². The average molecular weight is 1160 g/mol. The molecule has 4 unspecified atom stereocenters. The van der Waals surface area contributed by atoms with E-state index in [1.165, 1.54) is 11.1 Å². The van der Waals surface area contributed by atoms with Crippen molar-refractivity contribution in [3.63, 3.8) is 0 Å². The van der Waals surface area contributed by atoms with Gasteiger partial charge in [0.1, 0.15) is 11.6 Å². The third-order valence-electron chi connectivity index (χ3n) is 10.8. The van der Waals surface area contributed by atoms with Gasteiger partial charge >= 0.3 is 103 Å². The summed E-state index contributed by atoms with van der Waals surface area (Å²) in [5.74, 6) is 1.58. The number of halogens is 6. The molecule has 0 aliphatic carbocycles. The third kappa shape index (κ3) is 21.5. The van der Waals surface area contributed by atoms with E-state index >= 15 is 0 Å². The van der Waals surface area contributed by atoms with Crippen LogP contribution in [0.25, 0.3) is 0 Å². The summed E-state index contributed by atoms with van der Waals surface area (Å²) >= 11 is 37.2. The van der Waals surface area contributed by atoms with E-state index < -0.39 is 10.1 Å². The predicted molar refractivity (Wildman–Crippen MR) is 275 cm³/mol. The zero-order valence-corrected chi connectivity index (χ0v) is 51.4. The van der Waals surface area contributed by atoms with Gasteiger partial charge in [-0.2, -0.15) is 8.42 Å². The molecule has 0 radical (unpaired) electrons. The first-order valence-corrected chi connectivity index (χ1v) is 25.6. The minimum absolute atomic E-state index is 0. The molecular weight excluding hydrogens is 1110 g/mol. The van der Waals surface area contributed by atoms with Crippen LogP contribution in [-0.4, -0.2) is 98.4 Å². The maximum Gasteiger partial charge on any atom is 1.00 e. The fourth-order valence-electron chi connectivity index (χ4n) is 7.57. The van der Waals surface area contributed by atoms with E-state index in [1.54, 1.807) is 49.9 Å². The van der Waals surface area contributed by atoms with Crippen LogP contribution < -0.4 is 123 Å². The first kappa shape index (κ1) is 64.2. The van der Waals surface area contributed by atoms with Crippen molar-refractivity contribution >= 4 is 97.6 Å². The summed E-state index contributed by atoms with van der Waals surface area (Å²) in [7, 11) is -3.38. The summed E-state index contributed by atoms with van der Waals surface area (Å²) in [6.45, 7) is 10.1. The Hall–Kier alpha value is -1.09. The number of carbonyl (C=O) groups is 1. The van der Waals surface area contributed by atoms with Crippen molar-refractivity contribution in [1.29, 1.82) is 0 Å². The average Bonchev–Trinajstić information content (AvgIpc) is 3.35. The molecular formula is C48H52Cl6K2N8O6S. The molecule has 2 aliphatic heterocycles. The van der Waals surface area contributed by atoms with Crippen LogP contribution in [0, 0.1) is 0 Å². The summed E-state index contributed by atoms with van der Waals surface area (Å²) in [4.78, 5) is 35.2. The van der Waals surface area contributed by atoms with E-state index in [1.807, 2.05) is 54.6 Å². The van der Waals surface area contributed by atoms with Gasteiger partial charge in [0, 0.05) is 103 Å². The van der Waals surface area contributed by atoms with E-state index in [2.05, 4.69) is 80.2 Å². The first-order chi connectivity index (χ1) is 33.1. The van der Waals surface area contributed by atoms with Gasteiger partial charge in [-0.1, -0.05) is 108 Å². The van der Waals surface area contributed by atoms with Gasteiger partial charge in [0.15, 0.2) is 0 Å². The van der Waals surface area contributed by atoms with Crippen molar-refractivity contribution in [2.24, 2.45) is 0 Å². The minimum Gasteiger partial charge on any atom is -1.00 e. The Bertz CT molecular complexity index is 2640. The van der Waals surface area contributed by atoms with Crippen LogP contribution in [-0.2, 0) is 24.0 Å². The minimum atomic E-state index is -3.38. The third-order valence-corrected chi connectivity index (χ3v) is 13.0. The fraction of sp³-hybridized carbons (Fsp3) is 0.312. The van der Waals surface area contributed by atoms with Crippen LogP contribution in [0.2, 0.25) is 30.1 Å². The Balaban J connectivity index is 0.000000370. The quantitative estimate of drug-likeness (QED) is 0.0615. The molecule has 4 atom stereocenters. The zero-order valence-electron chi connectivity index (χ0n) is 40.8.